The number of amides is 2. The zero-order chi connectivity index (χ0) is 40.0. The van der Waals surface area contributed by atoms with Gasteiger partial charge in [0.15, 0.2) is 11.5 Å². The number of hydrogen-bond donors (Lipinski definition) is 1. The monoisotopic (exact) mass is 829 g/mol. The lowest BCUT2D eigenvalue weighted by Crippen LogP contribution is -2.52. The van der Waals surface area contributed by atoms with Crippen LogP contribution in [0.25, 0.3) is 11.3 Å². The van der Waals surface area contributed by atoms with Crippen LogP contribution in [0.15, 0.2) is 84.9 Å². The van der Waals surface area contributed by atoms with Gasteiger partial charge in [-0.05, 0) is 116 Å². The van der Waals surface area contributed by atoms with Crippen LogP contribution >= 0.6 is 12.4 Å². The maximum Gasteiger partial charge on any atom is 0.264 e. The molecule has 10 rings (SSSR count). The van der Waals surface area contributed by atoms with Crippen molar-refractivity contribution >= 4 is 41.3 Å². The highest BCUT2D eigenvalue weighted by atomic mass is 35.5. The molecule has 60 heavy (non-hydrogen) atoms. The minimum absolute atomic E-state index is 0. The number of fused-ring (bicyclic) bond motifs is 4. The summed E-state index contributed by atoms with van der Waals surface area (Å²) in [5, 5.41) is 10.3. The Kier molecular flexibility index (Phi) is 11.2. The van der Waals surface area contributed by atoms with E-state index in [1.54, 1.807) is 29.2 Å². The number of benzene rings is 4. The second-order valence-electron chi connectivity index (χ2n) is 16.5. The van der Waals surface area contributed by atoms with E-state index >= 15 is 9.59 Å². The highest BCUT2D eigenvalue weighted by Crippen LogP contribution is 2.43. The van der Waals surface area contributed by atoms with Gasteiger partial charge in [0, 0.05) is 86.4 Å². The molecule has 0 radical (unpaired) electrons. The van der Waals surface area contributed by atoms with Gasteiger partial charge in [0.25, 0.3) is 11.8 Å². The molecule has 0 spiro atoms. The molecule has 0 saturated carbocycles. The maximum absolute atomic E-state index is 15.4. The van der Waals surface area contributed by atoms with E-state index in [1.165, 1.54) is 16.8 Å². The standard InChI is InChI=1S/C48H51N5O6.ClH/c1-49-17-6-9-33-26-36(13-16-42(33)49)53(35-11-14-38(54)15-12-35)48(56)41-27-44(51-18-5-4-10-43(41)51)39-28-45-46(59-24-23-58-45)29-40(39)47(55)52-30-34-8-3-2-7-32(34)25-37(52)31-50-19-21-57-22-20-50;/h2-3,7-8,11-16,26-29,37,54H,4-6,9-10,17-25,30-31H2,1H3;1H/t37-;/m0./s1. The fraction of sp³-hybridized carbons (Fsp3) is 0.375. The summed E-state index contributed by atoms with van der Waals surface area (Å²) in [4.78, 5) is 39.2. The second-order valence-corrected chi connectivity index (χ2v) is 16.5. The minimum Gasteiger partial charge on any atom is -0.508 e. The van der Waals surface area contributed by atoms with E-state index in [1.807, 2.05) is 24.3 Å². The number of hydrogen-bond acceptors (Lipinski definition) is 8. The molecule has 4 aromatic carbocycles. The largest absolute Gasteiger partial charge is 0.508 e. The van der Waals surface area contributed by atoms with Crippen LogP contribution in [0.2, 0.25) is 0 Å². The molecule has 12 heteroatoms. The Bertz CT molecular complexity index is 2410. The van der Waals surface area contributed by atoms with Gasteiger partial charge in [0.05, 0.1) is 24.3 Å². The van der Waals surface area contributed by atoms with E-state index in [4.69, 9.17) is 14.2 Å². The smallest absolute Gasteiger partial charge is 0.264 e. The van der Waals surface area contributed by atoms with Gasteiger partial charge >= 0.3 is 0 Å². The van der Waals surface area contributed by atoms with Crippen molar-refractivity contribution in [2.75, 3.05) is 69.5 Å². The quantitative estimate of drug-likeness (QED) is 0.179. The molecule has 1 N–H and O–H groups in total. The molecule has 0 bridgehead atoms. The topological polar surface area (TPSA) is 100.0 Å². The summed E-state index contributed by atoms with van der Waals surface area (Å²) in [5.74, 6) is 1.08. The molecular weight excluding hydrogens is 778 g/mol. The third-order valence-electron chi connectivity index (χ3n) is 12.8. The normalized spacial score (nSPS) is 18.4. The Morgan fingerprint density at radius 1 is 0.750 bits per heavy atom. The van der Waals surface area contributed by atoms with Crippen molar-refractivity contribution in [1.29, 1.82) is 0 Å². The van der Waals surface area contributed by atoms with E-state index in [9.17, 15) is 5.11 Å². The third kappa shape index (κ3) is 7.48. The van der Waals surface area contributed by atoms with E-state index < -0.39 is 0 Å². The van der Waals surface area contributed by atoms with Gasteiger partial charge in [0.1, 0.15) is 19.0 Å². The average molecular weight is 830 g/mol. The summed E-state index contributed by atoms with van der Waals surface area (Å²) in [6.07, 6.45) is 5.40. The number of phenolic OH excluding ortho intramolecular Hbond substituents is 1. The molecule has 6 heterocycles. The first-order valence-electron chi connectivity index (χ1n) is 21.2. The summed E-state index contributed by atoms with van der Waals surface area (Å²) >= 11 is 0. The summed E-state index contributed by atoms with van der Waals surface area (Å²) in [6, 6.07) is 27.4. The van der Waals surface area contributed by atoms with Crippen molar-refractivity contribution in [3.8, 4) is 28.5 Å². The van der Waals surface area contributed by atoms with Crippen molar-refractivity contribution < 1.29 is 28.9 Å². The SMILES string of the molecule is CN1CCCc2cc(N(C(=O)c3cc(-c4cc5c(cc4C(=O)N4Cc6ccccc6C[C@H]4CN4CCOCC4)OCCO5)n4c3CCCC4)c3ccc(O)cc3)ccc21.Cl. The first-order valence-corrected chi connectivity index (χ1v) is 21.2. The van der Waals surface area contributed by atoms with Crippen molar-refractivity contribution in [2.24, 2.45) is 0 Å². The fourth-order valence-corrected chi connectivity index (χ4v) is 9.80. The molecule has 5 aromatic rings. The lowest BCUT2D eigenvalue weighted by atomic mass is 9.92. The highest BCUT2D eigenvalue weighted by molar-refractivity contribution is 6.13. The lowest BCUT2D eigenvalue weighted by Gasteiger charge is -2.41. The Hall–Kier alpha value is -5.49. The van der Waals surface area contributed by atoms with Gasteiger partial charge in [-0.15, -0.1) is 12.4 Å². The van der Waals surface area contributed by atoms with Crippen LogP contribution in [0.5, 0.6) is 17.2 Å². The summed E-state index contributed by atoms with van der Waals surface area (Å²) in [5.41, 5.74) is 9.94. The molecule has 1 fully saturated rings. The number of aromatic nitrogens is 1. The van der Waals surface area contributed by atoms with Crippen molar-refractivity contribution in [3.63, 3.8) is 0 Å². The minimum atomic E-state index is -0.152. The Morgan fingerprint density at radius 2 is 1.50 bits per heavy atom. The fourth-order valence-electron chi connectivity index (χ4n) is 9.80. The number of carbonyl (C=O) groups excluding carboxylic acids is 2. The highest BCUT2D eigenvalue weighted by Gasteiger charge is 2.36. The van der Waals surface area contributed by atoms with Gasteiger partial charge in [-0.1, -0.05) is 24.3 Å². The van der Waals surface area contributed by atoms with Crippen LogP contribution in [0.3, 0.4) is 0 Å². The summed E-state index contributed by atoms with van der Waals surface area (Å²) in [7, 11) is 2.11. The number of aryl methyl sites for hydroxylation is 1. The molecule has 11 nitrogen and oxygen atoms in total. The molecule has 312 valence electrons. The second kappa shape index (κ2) is 16.9. The van der Waals surface area contributed by atoms with Gasteiger partial charge in [0.2, 0.25) is 0 Å². The van der Waals surface area contributed by atoms with Crippen LogP contribution in [0, 0.1) is 0 Å². The number of halogens is 1. The lowest BCUT2D eigenvalue weighted by molar-refractivity contribution is 0.0193. The predicted molar refractivity (Wildman–Crippen MR) is 235 cm³/mol. The zero-order valence-electron chi connectivity index (χ0n) is 34.1. The number of morpholine rings is 1. The third-order valence-corrected chi connectivity index (χ3v) is 12.8. The summed E-state index contributed by atoms with van der Waals surface area (Å²) < 4.78 is 20.2. The van der Waals surface area contributed by atoms with E-state index in [0.29, 0.717) is 61.3 Å². The number of anilines is 3. The van der Waals surface area contributed by atoms with E-state index in [2.05, 4.69) is 62.7 Å². The van der Waals surface area contributed by atoms with Crippen LogP contribution in [0.1, 0.15) is 62.4 Å². The molecule has 0 unspecified atom stereocenters. The molecule has 5 aliphatic rings. The van der Waals surface area contributed by atoms with Crippen LogP contribution in [-0.4, -0.2) is 97.0 Å². The number of phenols is 1. The Morgan fingerprint density at radius 3 is 2.30 bits per heavy atom. The predicted octanol–water partition coefficient (Wildman–Crippen LogP) is 7.65. The molecule has 1 aromatic heterocycles. The van der Waals surface area contributed by atoms with E-state index in [0.717, 1.165) is 99.5 Å². The van der Waals surface area contributed by atoms with Crippen molar-refractivity contribution in [3.05, 3.63) is 118 Å². The van der Waals surface area contributed by atoms with Gasteiger partial charge < -0.3 is 33.7 Å². The number of ether oxygens (including phenoxy) is 3. The van der Waals surface area contributed by atoms with E-state index in [-0.39, 0.29) is 36.0 Å². The molecular formula is C48H52ClN5O6. The first-order chi connectivity index (χ1) is 28.9. The molecule has 5 aliphatic heterocycles. The number of nitrogens with zero attached hydrogens (tertiary/aromatic N) is 5. The van der Waals surface area contributed by atoms with Gasteiger partial charge in [-0.25, -0.2) is 0 Å². The number of rotatable bonds is 7. The van der Waals surface area contributed by atoms with Crippen LogP contribution in [0.4, 0.5) is 17.1 Å². The Balaban J connectivity index is 0.00000462. The molecule has 1 atom stereocenters. The summed E-state index contributed by atoms with van der Waals surface area (Å²) in [6.45, 7) is 6.87. The molecule has 1 saturated heterocycles. The number of aromatic hydroxyl groups is 1. The van der Waals surface area contributed by atoms with Crippen molar-refractivity contribution in [1.82, 2.24) is 14.4 Å². The van der Waals surface area contributed by atoms with Gasteiger partial charge in [-0.3, -0.25) is 19.4 Å². The Labute approximate surface area is 357 Å². The molecule has 2 amide bonds. The zero-order valence-corrected chi connectivity index (χ0v) is 34.9. The van der Waals surface area contributed by atoms with Gasteiger partial charge in [-0.2, -0.15) is 0 Å². The first kappa shape index (κ1) is 39.9. The van der Waals surface area contributed by atoms with Crippen molar-refractivity contribution in [2.45, 2.75) is 57.7 Å². The average Bonchev–Trinajstić information content (AvgIpc) is 3.66. The van der Waals surface area contributed by atoms with Crippen LogP contribution in [-0.2, 0) is 37.1 Å². The maximum atomic E-state index is 15.4. The van der Waals surface area contributed by atoms with Crippen LogP contribution < -0.4 is 19.3 Å². The molecule has 0 aliphatic carbocycles. The number of carbonyl (C=O) groups is 2.